The summed E-state index contributed by atoms with van der Waals surface area (Å²) in [6, 6.07) is 0. The molecule has 18 heavy (non-hydrogen) atoms. The monoisotopic (exact) mass is 331 g/mol. The Morgan fingerprint density at radius 3 is 2.61 bits per heavy atom. The van der Waals surface area contributed by atoms with Crippen LogP contribution in [0.25, 0.3) is 0 Å². The van der Waals surface area contributed by atoms with E-state index in [1.165, 1.54) is 18.6 Å². The van der Waals surface area contributed by atoms with E-state index in [4.69, 9.17) is 0 Å². The first-order chi connectivity index (χ1) is 8.51. The van der Waals surface area contributed by atoms with Crippen molar-refractivity contribution < 1.29 is 8.42 Å². The summed E-state index contributed by atoms with van der Waals surface area (Å²) in [7, 11) is -3.70. The van der Waals surface area contributed by atoms with Crippen molar-refractivity contribution in [3.63, 3.8) is 0 Å². The zero-order valence-corrected chi connectivity index (χ0v) is 11.8. The number of aromatic nitrogens is 4. The molecule has 0 aliphatic rings. The Labute approximate surface area is 112 Å². The van der Waals surface area contributed by atoms with E-state index in [0.29, 0.717) is 16.8 Å². The molecule has 7 nitrogen and oxygen atoms in total. The summed E-state index contributed by atoms with van der Waals surface area (Å²) in [5.41, 5.74) is 0. The zero-order chi connectivity index (χ0) is 13.2. The molecule has 0 radical (unpaired) electrons. The standard InChI is InChI=1S/C9H10BrN5O2S/c1-2-7-13-5-9(14-7)18(16,17)15-8-4-11-6(10)3-12-8/h3-5H,2H2,1H3,(H,12,15)(H,13,14). The van der Waals surface area contributed by atoms with Crippen LogP contribution in [0.5, 0.6) is 0 Å². The second-order valence-electron chi connectivity index (χ2n) is 3.38. The fourth-order valence-electron chi connectivity index (χ4n) is 1.22. The molecule has 0 atom stereocenters. The largest absolute Gasteiger partial charge is 0.332 e. The van der Waals surface area contributed by atoms with Crippen molar-refractivity contribution in [1.29, 1.82) is 0 Å². The Hall–Kier alpha value is -1.48. The van der Waals surface area contributed by atoms with Gasteiger partial charge in [-0.05, 0) is 15.9 Å². The molecule has 0 saturated carbocycles. The second-order valence-corrected chi connectivity index (χ2v) is 5.84. The number of aryl methyl sites for hydroxylation is 1. The molecule has 0 bridgehead atoms. The number of nitrogens with one attached hydrogen (secondary N) is 2. The molecule has 96 valence electrons. The van der Waals surface area contributed by atoms with Gasteiger partial charge in [0.1, 0.15) is 10.4 Å². The number of halogens is 1. The average Bonchev–Trinajstić information content (AvgIpc) is 2.81. The van der Waals surface area contributed by atoms with Gasteiger partial charge in [-0.1, -0.05) is 6.92 Å². The molecule has 9 heteroatoms. The molecule has 0 aliphatic carbocycles. The van der Waals surface area contributed by atoms with Gasteiger partial charge in [-0.25, -0.2) is 15.0 Å². The lowest BCUT2D eigenvalue weighted by Gasteiger charge is -2.04. The number of anilines is 1. The third kappa shape index (κ3) is 2.85. The third-order valence-electron chi connectivity index (χ3n) is 2.09. The van der Waals surface area contributed by atoms with Crippen LogP contribution in [0.4, 0.5) is 5.82 Å². The van der Waals surface area contributed by atoms with Gasteiger partial charge < -0.3 is 4.98 Å². The Morgan fingerprint density at radius 1 is 1.28 bits per heavy atom. The molecule has 2 rings (SSSR count). The fourth-order valence-corrected chi connectivity index (χ4v) is 2.36. The summed E-state index contributed by atoms with van der Waals surface area (Å²) in [4.78, 5) is 14.4. The molecule has 0 aliphatic heterocycles. The minimum absolute atomic E-state index is 0.00377. The van der Waals surface area contributed by atoms with Crippen molar-refractivity contribution >= 4 is 31.8 Å². The van der Waals surface area contributed by atoms with Gasteiger partial charge >= 0.3 is 0 Å². The number of hydrogen-bond donors (Lipinski definition) is 2. The summed E-state index contributed by atoms with van der Waals surface area (Å²) in [6.07, 6.45) is 4.63. The van der Waals surface area contributed by atoms with Crippen LogP contribution in [0.1, 0.15) is 12.7 Å². The van der Waals surface area contributed by atoms with Crippen molar-refractivity contribution in [2.75, 3.05) is 4.72 Å². The summed E-state index contributed by atoms with van der Waals surface area (Å²) >= 11 is 3.12. The first-order valence-electron chi connectivity index (χ1n) is 5.05. The van der Waals surface area contributed by atoms with Gasteiger partial charge in [0.2, 0.25) is 0 Å². The van der Waals surface area contributed by atoms with E-state index >= 15 is 0 Å². The molecule has 2 aromatic heterocycles. The Balaban J connectivity index is 2.24. The number of hydrogen-bond acceptors (Lipinski definition) is 5. The molecule has 0 unspecified atom stereocenters. The molecular weight excluding hydrogens is 322 g/mol. The SMILES string of the molecule is CCc1ncc(S(=O)(=O)Nc2cnc(Br)cn2)[nH]1. The van der Waals surface area contributed by atoms with E-state index in [9.17, 15) is 8.42 Å². The van der Waals surface area contributed by atoms with E-state index in [1.54, 1.807) is 0 Å². The molecular formula is C9H10BrN5O2S. The van der Waals surface area contributed by atoms with Crippen LogP contribution < -0.4 is 4.72 Å². The summed E-state index contributed by atoms with van der Waals surface area (Å²) in [5, 5.41) is 0.00377. The maximum absolute atomic E-state index is 12.0. The van der Waals surface area contributed by atoms with Crippen LogP contribution in [0.3, 0.4) is 0 Å². The van der Waals surface area contributed by atoms with E-state index in [1.807, 2.05) is 6.92 Å². The highest BCUT2D eigenvalue weighted by molar-refractivity contribution is 9.10. The van der Waals surface area contributed by atoms with Gasteiger partial charge in [0.15, 0.2) is 10.8 Å². The summed E-state index contributed by atoms with van der Waals surface area (Å²) in [6.45, 7) is 1.88. The van der Waals surface area contributed by atoms with Crippen molar-refractivity contribution in [3.8, 4) is 0 Å². The highest BCUT2D eigenvalue weighted by atomic mass is 79.9. The first-order valence-corrected chi connectivity index (χ1v) is 7.33. The second kappa shape index (κ2) is 5.02. The number of sulfonamides is 1. The molecule has 0 amide bonds. The van der Waals surface area contributed by atoms with Crippen molar-refractivity contribution in [3.05, 3.63) is 29.0 Å². The van der Waals surface area contributed by atoms with Crippen LogP contribution in [-0.2, 0) is 16.4 Å². The lowest BCUT2D eigenvalue weighted by Crippen LogP contribution is -2.14. The van der Waals surface area contributed by atoms with Crippen LogP contribution in [0.2, 0.25) is 0 Å². The molecule has 0 fully saturated rings. The topological polar surface area (TPSA) is 101 Å². The number of aromatic amines is 1. The van der Waals surface area contributed by atoms with Crippen molar-refractivity contribution in [2.45, 2.75) is 18.4 Å². The van der Waals surface area contributed by atoms with Gasteiger partial charge in [-0.3, -0.25) is 4.72 Å². The molecule has 0 spiro atoms. The highest BCUT2D eigenvalue weighted by Gasteiger charge is 2.17. The zero-order valence-electron chi connectivity index (χ0n) is 9.38. The normalized spacial score (nSPS) is 11.4. The molecule has 2 N–H and O–H groups in total. The van der Waals surface area contributed by atoms with E-state index in [2.05, 4.69) is 40.6 Å². The fraction of sp³-hybridized carbons (Fsp3) is 0.222. The smallest absolute Gasteiger partial charge is 0.280 e. The van der Waals surface area contributed by atoms with E-state index < -0.39 is 10.0 Å². The Morgan fingerprint density at radius 2 is 2.06 bits per heavy atom. The molecule has 2 heterocycles. The van der Waals surface area contributed by atoms with E-state index in [-0.39, 0.29) is 10.8 Å². The minimum atomic E-state index is -3.70. The molecule has 2 aromatic rings. The number of imidazole rings is 1. The van der Waals surface area contributed by atoms with Gasteiger partial charge in [0.05, 0.1) is 18.6 Å². The number of nitrogens with zero attached hydrogens (tertiary/aromatic N) is 3. The molecule has 0 aromatic carbocycles. The summed E-state index contributed by atoms with van der Waals surface area (Å²) in [5.74, 6) is 0.753. The quantitative estimate of drug-likeness (QED) is 0.880. The Bertz CT molecular complexity index is 637. The highest BCUT2D eigenvalue weighted by Crippen LogP contribution is 2.13. The maximum Gasteiger partial charge on any atom is 0.280 e. The lowest BCUT2D eigenvalue weighted by atomic mass is 10.5. The van der Waals surface area contributed by atoms with Crippen LogP contribution in [0.15, 0.2) is 28.2 Å². The van der Waals surface area contributed by atoms with Crippen molar-refractivity contribution in [1.82, 2.24) is 19.9 Å². The Kier molecular flexibility index (Phi) is 3.62. The first kappa shape index (κ1) is 13.0. The van der Waals surface area contributed by atoms with Crippen LogP contribution >= 0.6 is 15.9 Å². The number of rotatable bonds is 4. The van der Waals surface area contributed by atoms with Crippen LogP contribution in [-0.4, -0.2) is 28.4 Å². The van der Waals surface area contributed by atoms with Gasteiger partial charge in [0, 0.05) is 6.42 Å². The predicted molar refractivity (Wildman–Crippen MR) is 68.5 cm³/mol. The van der Waals surface area contributed by atoms with E-state index in [0.717, 1.165) is 0 Å². The molecule has 0 saturated heterocycles. The lowest BCUT2D eigenvalue weighted by molar-refractivity contribution is 0.597. The van der Waals surface area contributed by atoms with Gasteiger partial charge in [0.25, 0.3) is 10.0 Å². The minimum Gasteiger partial charge on any atom is -0.332 e. The third-order valence-corrected chi connectivity index (χ3v) is 3.76. The number of H-pyrrole nitrogens is 1. The maximum atomic E-state index is 12.0. The summed E-state index contributed by atoms with van der Waals surface area (Å²) < 4.78 is 26.7. The van der Waals surface area contributed by atoms with Gasteiger partial charge in [-0.15, -0.1) is 0 Å². The predicted octanol–water partition coefficient (Wildman–Crippen LogP) is 1.33. The average molecular weight is 332 g/mol. The van der Waals surface area contributed by atoms with Crippen LogP contribution in [0, 0.1) is 0 Å². The van der Waals surface area contributed by atoms with Crippen molar-refractivity contribution in [2.24, 2.45) is 0 Å². The van der Waals surface area contributed by atoms with Gasteiger partial charge in [-0.2, -0.15) is 8.42 Å².